The van der Waals surface area contributed by atoms with Crippen LogP contribution in [0.5, 0.6) is 0 Å². The van der Waals surface area contributed by atoms with Crippen molar-refractivity contribution in [1.82, 2.24) is 0 Å². The first kappa shape index (κ1) is 26.7. The van der Waals surface area contributed by atoms with Gasteiger partial charge in [-0.25, -0.2) is 0 Å². The van der Waals surface area contributed by atoms with E-state index >= 15 is 0 Å². The minimum atomic E-state index is 0.856. The average Bonchev–Trinajstić information content (AvgIpc) is 2.68. The molecule has 0 spiro atoms. The summed E-state index contributed by atoms with van der Waals surface area (Å²) in [6.07, 6.45) is 35.8. The molecule has 162 valence electrons. The highest BCUT2D eigenvalue weighted by atomic mass is 14.5. The van der Waals surface area contributed by atoms with E-state index in [4.69, 9.17) is 5.73 Å². The number of unbranched alkanes of at least 4 members (excludes halogenated alkanes) is 20. The maximum Gasteiger partial charge on any atom is -0.00773 e. The summed E-state index contributed by atoms with van der Waals surface area (Å²) in [6, 6.07) is 0. The van der Waals surface area contributed by atoms with Gasteiger partial charge in [0.25, 0.3) is 0 Å². The van der Waals surface area contributed by atoms with Crippen LogP contribution in [0.1, 0.15) is 148 Å². The van der Waals surface area contributed by atoms with Crippen LogP contribution in [0.25, 0.3) is 0 Å². The van der Waals surface area contributed by atoms with Crippen LogP contribution in [0.3, 0.4) is 0 Å². The summed E-state index contributed by atoms with van der Waals surface area (Å²) in [5, 5.41) is 0. The van der Waals surface area contributed by atoms with Crippen molar-refractivity contribution in [1.29, 1.82) is 0 Å². The van der Waals surface area contributed by atoms with Crippen molar-refractivity contribution < 1.29 is 0 Å². The first-order chi connectivity index (χ1) is 13.4. The van der Waals surface area contributed by atoms with E-state index in [9.17, 15) is 0 Å². The van der Waals surface area contributed by atoms with Crippen molar-refractivity contribution in [3.63, 3.8) is 0 Å². The molecule has 27 heavy (non-hydrogen) atoms. The van der Waals surface area contributed by atoms with Crippen molar-refractivity contribution >= 4 is 0 Å². The van der Waals surface area contributed by atoms with Gasteiger partial charge in [0.1, 0.15) is 0 Å². The Kier molecular flexibility index (Phi) is 25.4. The fraction of sp³-hybridized carbons (Fsp3) is 0.923. The second-order valence-electron chi connectivity index (χ2n) is 8.55. The molecule has 0 rings (SSSR count). The molecule has 0 amide bonds. The van der Waals surface area contributed by atoms with Gasteiger partial charge in [-0.15, -0.1) is 0 Å². The van der Waals surface area contributed by atoms with Crippen molar-refractivity contribution in [3.8, 4) is 0 Å². The van der Waals surface area contributed by atoms with E-state index in [1.165, 1.54) is 141 Å². The third-order valence-corrected chi connectivity index (χ3v) is 5.72. The van der Waals surface area contributed by atoms with E-state index < -0.39 is 0 Å². The Hall–Kier alpha value is -0.300. The van der Waals surface area contributed by atoms with Gasteiger partial charge in [-0.1, -0.05) is 128 Å². The molecule has 0 aliphatic rings. The van der Waals surface area contributed by atoms with Gasteiger partial charge >= 0.3 is 0 Å². The molecule has 0 aromatic heterocycles. The van der Waals surface area contributed by atoms with Crippen LogP contribution in [0.2, 0.25) is 0 Å². The topological polar surface area (TPSA) is 26.0 Å². The second-order valence-corrected chi connectivity index (χ2v) is 8.55. The minimum absolute atomic E-state index is 0.856. The fourth-order valence-electron chi connectivity index (χ4n) is 3.81. The van der Waals surface area contributed by atoms with Crippen LogP contribution in [0.4, 0.5) is 0 Å². The second kappa shape index (κ2) is 25.7. The molecular weight excluding hydrogens is 326 g/mol. The zero-order valence-electron chi connectivity index (χ0n) is 19.0. The van der Waals surface area contributed by atoms with Gasteiger partial charge in [0.05, 0.1) is 0 Å². The van der Waals surface area contributed by atoms with Crippen molar-refractivity contribution in [2.45, 2.75) is 148 Å². The van der Waals surface area contributed by atoms with Crippen LogP contribution >= 0.6 is 0 Å². The minimum Gasteiger partial charge on any atom is -0.330 e. The average molecular weight is 380 g/mol. The van der Waals surface area contributed by atoms with Gasteiger partial charge in [0.2, 0.25) is 0 Å². The lowest BCUT2D eigenvalue weighted by molar-refractivity contribution is 0.530. The highest BCUT2D eigenvalue weighted by Crippen LogP contribution is 2.14. The third kappa shape index (κ3) is 25.7. The van der Waals surface area contributed by atoms with Crippen LogP contribution in [-0.4, -0.2) is 6.54 Å². The maximum atomic E-state index is 5.51. The first-order valence-electron chi connectivity index (χ1n) is 12.8. The molecule has 1 nitrogen and oxygen atoms in total. The van der Waals surface area contributed by atoms with Gasteiger partial charge in [0.15, 0.2) is 0 Å². The normalized spacial score (nSPS) is 11.6. The van der Waals surface area contributed by atoms with Gasteiger partial charge < -0.3 is 5.73 Å². The molecule has 0 unspecified atom stereocenters. The quantitative estimate of drug-likeness (QED) is 0.139. The Bertz CT molecular complexity index is 271. The Morgan fingerprint density at radius 3 is 1.04 bits per heavy atom. The molecule has 0 fully saturated rings. The zero-order chi connectivity index (χ0) is 19.7. The van der Waals surface area contributed by atoms with Crippen molar-refractivity contribution in [2.75, 3.05) is 6.54 Å². The summed E-state index contributed by atoms with van der Waals surface area (Å²) in [5.41, 5.74) is 5.51. The molecule has 0 aliphatic heterocycles. The van der Waals surface area contributed by atoms with Gasteiger partial charge in [-0.05, 0) is 38.6 Å². The van der Waals surface area contributed by atoms with Crippen molar-refractivity contribution in [2.24, 2.45) is 5.73 Å². The van der Waals surface area contributed by atoms with E-state index in [-0.39, 0.29) is 0 Å². The molecular formula is C26H53N. The van der Waals surface area contributed by atoms with Gasteiger partial charge in [-0.2, -0.15) is 0 Å². The number of nitrogens with two attached hydrogens (primary N) is 1. The lowest BCUT2D eigenvalue weighted by atomic mass is 10.0. The Morgan fingerprint density at radius 1 is 0.407 bits per heavy atom. The Labute approximate surface area is 173 Å². The third-order valence-electron chi connectivity index (χ3n) is 5.72. The maximum absolute atomic E-state index is 5.51. The van der Waals surface area contributed by atoms with E-state index in [0.717, 1.165) is 6.54 Å². The molecule has 0 saturated heterocycles. The molecule has 0 aromatic carbocycles. The smallest absolute Gasteiger partial charge is 0.00773 e. The molecule has 0 heterocycles. The van der Waals surface area contributed by atoms with Gasteiger partial charge in [-0.3, -0.25) is 0 Å². The summed E-state index contributed by atoms with van der Waals surface area (Å²) in [5.74, 6) is 0. The molecule has 0 aliphatic carbocycles. The zero-order valence-corrected chi connectivity index (χ0v) is 19.0. The first-order valence-corrected chi connectivity index (χ1v) is 12.8. The van der Waals surface area contributed by atoms with E-state index in [2.05, 4.69) is 19.1 Å². The molecule has 1 heteroatoms. The van der Waals surface area contributed by atoms with Crippen LogP contribution in [0, 0.1) is 0 Å². The summed E-state index contributed by atoms with van der Waals surface area (Å²) in [7, 11) is 0. The number of hydrogen-bond donors (Lipinski definition) is 1. The monoisotopic (exact) mass is 379 g/mol. The van der Waals surface area contributed by atoms with Crippen LogP contribution in [-0.2, 0) is 0 Å². The van der Waals surface area contributed by atoms with E-state index in [1.807, 2.05) is 0 Å². The fourth-order valence-corrected chi connectivity index (χ4v) is 3.81. The molecule has 0 saturated carbocycles. The predicted octanol–water partition coefficient (Wildman–Crippen LogP) is 9.10. The van der Waals surface area contributed by atoms with Crippen molar-refractivity contribution in [3.05, 3.63) is 12.2 Å². The molecule has 0 bridgehead atoms. The van der Waals surface area contributed by atoms with E-state index in [1.54, 1.807) is 0 Å². The summed E-state index contributed by atoms with van der Waals surface area (Å²) < 4.78 is 0. The highest BCUT2D eigenvalue weighted by Gasteiger charge is 1.94. The van der Waals surface area contributed by atoms with Crippen LogP contribution < -0.4 is 5.73 Å². The SMILES string of the molecule is CCCCCCCCCCCCCCCCCCC=CCCCCCCN. The molecule has 0 atom stereocenters. The number of rotatable bonds is 23. The van der Waals surface area contributed by atoms with Gasteiger partial charge in [0, 0.05) is 0 Å². The lowest BCUT2D eigenvalue weighted by Gasteiger charge is -2.03. The predicted molar refractivity (Wildman–Crippen MR) is 125 cm³/mol. The molecule has 2 N–H and O–H groups in total. The van der Waals surface area contributed by atoms with Crippen LogP contribution in [0.15, 0.2) is 12.2 Å². The highest BCUT2D eigenvalue weighted by molar-refractivity contribution is 4.81. The summed E-state index contributed by atoms with van der Waals surface area (Å²) in [6.45, 7) is 3.15. The number of hydrogen-bond acceptors (Lipinski definition) is 1. The van der Waals surface area contributed by atoms with E-state index in [0.29, 0.717) is 0 Å². The Balaban J connectivity index is 3.02. The molecule has 0 aromatic rings. The summed E-state index contributed by atoms with van der Waals surface area (Å²) >= 11 is 0. The standard InChI is InChI=1S/C26H53N/c1-2-3-4-5-6-7-8-9-10-11-12-13-14-15-16-17-18-19-20-21-22-23-24-25-26-27/h19-20H,2-18,21-27H2,1H3. The number of allylic oxidation sites excluding steroid dienone is 2. The molecule has 0 radical (unpaired) electrons. The largest absolute Gasteiger partial charge is 0.330 e. The lowest BCUT2D eigenvalue weighted by Crippen LogP contribution is -1.97. The summed E-state index contributed by atoms with van der Waals surface area (Å²) in [4.78, 5) is 0. The Morgan fingerprint density at radius 2 is 0.704 bits per heavy atom.